The third-order valence-electron chi connectivity index (χ3n) is 3.80. The fourth-order valence-electron chi connectivity index (χ4n) is 2.92. The molecular weight excluding hydrogens is 278 g/mol. The molecule has 0 N–H and O–H groups in total. The first-order valence-corrected chi connectivity index (χ1v) is 7.53. The fraction of sp³-hybridized carbons (Fsp3) is 0.333. The van der Waals surface area contributed by atoms with Gasteiger partial charge in [-0.15, -0.1) is 11.3 Å². The maximum absolute atomic E-state index is 11.4. The molecule has 2 nitrogen and oxygen atoms in total. The number of halogens is 1. The van der Waals surface area contributed by atoms with E-state index < -0.39 is 0 Å². The van der Waals surface area contributed by atoms with Crippen LogP contribution in [-0.2, 0) is 11.2 Å². The van der Waals surface area contributed by atoms with Gasteiger partial charge in [-0.05, 0) is 55.0 Å². The highest BCUT2D eigenvalue weighted by molar-refractivity contribution is 7.16. The van der Waals surface area contributed by atoms with Crippen molar-refractivity contribution in [3.05, 3.63) is 50.4 Å². The first kappa shape index (κ1) is 12.8. The number of aryl methyl sites for hydroxylation is 1. The molecule has 0 saturated heterocycles. The van der Waals surface area contributed by atoms with Gasteiger partial charge in [-0.2, -0.15) is 0 Å². The summed E-state index contributed by atoms with van der Waals surface area (Å²) in [5.41, 5.74) is 3.37. The van der Waals surface area contributed by atoms with E-state index in [2.05, 4.69) is 18.0 Å². The molecule has 2 unspecified atom stereocenters. The molecule has 3 rings (SSSR count). The summed E-state index contributed by atoms with van der Waals surface area (Å²) in [6, 6.07) is 5.98. The molecule has 0 radical (unpaired) electrons. The van der Waals surface area contributed by atoms with Crippen molar-refractivity contribution in [3.63, 3.8) is 0 Å². The number of aromatic nitrogens is 1. The summed E-state index contributed by atoms with van der Waals surface area (Å²) in [4.78, 5) is 17.1. The summed E-state index contributed by atoms with van der Waals surface area (Å²) in [7, 11) is 0. The van der Waals surface area contributed by atoms with Crippen LogP contribution >= 0.6 is 22.9 Å². The second-order valence-corrected chi connectivity index (χ2v) is 6.76. The van der Waals surface area contributed by atoms with Gasteiger partial charge in [0.1, 0.15) is 6.29 Å². The Kier molecular flexibility index (Phi) is 3.42. The zero-order valence-corrected chi connectivity index (χ0v) is 12.2. The third-order valence-corrected chi connectivity index (χ3v) is 5.19. The van der Waals surface area contributed by atoms with Crippen LogP contribution in [0, 0.1) is 6.92 Å². The first-order chi connectivity index (χ1) is 9.19. The zero-order chi connectivity index (χ0) is 13.4. The Morgan fingerprint density at radius 2 is 2.26 bits per heavy atom. The molecule has 0 aromatic carbocycles. The molecule has 98 valence electrons. The Labute approximate surface area is 121 Å². The van der Waals surface area contributed by atoms with Crippen LogP contribution in [0.1, 0.15) is 40.0 Å². The molecule has 0 aliphatic heterocycles. The average molecular weight is 292 g/mol. The molecule has 2 aromatic rings. The van der Waals surface area contributed by atoms with Crippen molar-refractivity contribution in [2.75, 3.05) is 0 Å². The Bertz CT molecular complexity index is 622. The smallest absolute Gasteiger partial charge is 0.127 e. The minimum absolute atomic E-state index is 0.0386. The highest BCUT2D eigenvalue weighted by Gasteiger charge is 2.30. The SMILES string of the molecule is Cc1ccnc2c1C(C=O)CC(c1ccc(Cl)s1)C2. The topological polar surface area (TPSA) is 30.0 Å². The molecule has 1 aliphatic carbocycles. The van der Waals surface area contributed by atoms with Crippen LogP contribution in [0.2, 0.25) is 4.34 Å². The molecular formula is C15H14ClNOS. The maximum Gasteiger partial charge on any atom is 0.127 e. The second kappa shape index (κ2) is 5.06. The van der Waals surface area contributed by atoms with Gasteiger partial charge >= 0.3 is 0 Å². The van der Waals surface area contributed by atoms with Gasteiger partial charge in [0.15, 0.2) is 0 Å². The Hall–Kier alpha value is -1.19. The third kappa shape index (κ3) is 2.33. The van der Waals surface area contributed by atoms with Gasteiger partial charge in [0, 0.05) is 22.7 Å². The number of rotatable bonds is 2. The fourth-order valence-corrected chi connectivity index (χ4v) is 4.10. The second-order valence-electron chi connectivity index (χ2n) is 5.01. The predicted molar refractivity (Wildman–Crippen MR) is 78.2 cm³/mol. The summed E-state index contributed by atoms with van der Waals surface area (Å²) in [5.74, 6) is 0.317. The van der Waals surface area contributed by atoms with Gasteiger partial charge in [-0.3, -0.25) is 4.98 Å². The number of hydrogen-bond donors (Lipinski definition) is 0. The minimum atomic E-state index is -0.0386. The number of hydrogen-bond acceptors (Lipinski definition) is 3. The first-order valence-electron chi connectivity index (χ1n) is 6.34. The normalized spacial score (nSPS) is 22.0. The van der Waals surface area contributed by atoms with E-state index in [-0.39, 0.29) is 5.92 Å². The highest BCUT2D eigenvalue weighted by atomic mass is 35.5. The van der Waals surface area contributed by atoms with Crippen molar-refractivity contribution in [1.29, 1.82) is 0 Å². The molecule has 0 amide bonds. The van der Waals surface area contributed by atoms with Gasteiger partial charge in [0.25, 0.3) is 0 Å². The van der Waals surface area contributed by atoms with E-state index in [1.165, 1.54) is 10.4 Å². The van der Waals surface area contributed by atoms with Crippen molar-refractivity contribution >= 4 is 29.2 Å². The van der Waals surface area contributed by atoms with Gasteiger partial charge in [-0.25, -0.2) is 0 Å². The van der Waals surface area contributed by atoms with E-state index in [0.29, 0.717) is 5.92 Å². The van der Waals surface area contributed by atoms with E-state index in [0.717, 1.165) is 34.7 Å². The van der Waals surface area contributed by atoms with E-state index in [1.807, 2.05) is 18.3 Å². The molecule has 19 heavy (non-hydrogen) atoms. The molecule has 0 fully saturated rings. The van der Waals surface area contributed by atoms with E-state index in [9.17, 15) is 4.79 Å². The van der Waals surface area contributed by atoms with Crippen LogP contribution < -0.4 is 0 Å². The van der Waals surface area contributed by atoms with Crippen LogP contribution in [0.25, 0.3) is 0 Å². The molecule has 0 spiro atoms. The molecule has 0 saturated carbocycles. The van der Waals surface area contributed by atoms with Crippen LogP contribution in [0.3, 0.4) is 0 Å². The molecule has 2 aromatic heterocycles. The van der Waals surface area contributed by atoms with Crippen LogP contribution in [0.4, 0.5) is 0 Å². The van der Waals surface area contributed by atoms with Gasteiger partial charge in [-0.1, -0.05) is 11.6 Å². The van der Waals surface area contributed by atoms with Gasteiger partial charge in [0.2, 0.25) is 0 Å². The quantitative estimate of drug-likeness (QED) is 0.779. The standard InChI is InChI=1S/C15H14ClNOS/c1-9-4-5-17-12-7-10(6-11(8-18)15(9)12)13-2-3-14(16)19-13/h2-5,8,10-11H,6-7H2,1H3. The minimum Gasteiger partial charge on any atom is -0.303 e. The predicted octanol–water partition coefficient (Wildman–Crippen LogP) is 4.12. The van der Waals surface area contributed by atoms with Crippen molar-refractivity contribution in [2.24, 2.45) is 0 Å². The summed E-state index contributed by atoms with van der Waals surface area (Å²) in [5, 5.41) is 0. The Morgan fingerprint density at radius 1 is 1.42 bits per heavy atom. The number of pyridine rings is 1. The van der Waals surface area contributed by atoms with Gasteiger partial charge < -0.3 is 4.79 Å². The van der Waals surface area contributed by atoms with Gasteiger partial charge in [0.05, 0.1) is 4.34 Å². The highest BCUT2D eigenvalue weighted by Crippen LogP contribution is 2.42. The molecule has 2 heterocycles. The number of thiophene rings is 1. The van der Waals surface area contributed by atoms with Crippen molar-refractivity contribution < 1.29 is 4.79 Å². The van der Waals surface area contributed by atoms with E-state index in [1.54, 1.807) is 11.3 Å². The Balaban J connectivity index is 2.00. The van der Waals surface area contributed by atoms with Crippen molar-refractivity contribution in [2.45, 2.75) is 31.6 Å². The number of aldehydes is 1. The summed E-state index contributed by atoms with van der Waals surface area (Å²) in [6.45, 7) is 2.05. The van der Waals surface area contributed by atoms with Crippen LogP contribution in [-0.4, -0.2) is 11.3 Å². The largest absolute Gasteiger partial charge is 0.303 e. The lowest BCUT2D eigenvalue weighted by Gasteiger charge is -2.28. The number of fused-ring (bicyclic) bond motifs is 1. The van der Waals surface area contributed by atoms with Crippen LogP contribution in [0.15, 0.2) is 24.4 Å². The molecule has 4 heteroatoms. The zero-order valence-electron chi connectivity index (χ0n) is 10.6. The maximum atomic E-state index is 11.4. The monoisotopic (exact) mass is 291 g/mol. The molecule has 0 bridgehead atoms. The number of carbonyl (C=O) groups is 1. The number of carbonyl (C=O) groups excluding carboxylic acids is 1. The summed E-state index contributed by atoms with van der Waals surface area (Å²) < 4.78 is 0.806. The number of nitrogens with zero attached hydrogens (tertiary/aromatic N) is 1. The van der Waals surface area contributed by atoms with E-state index >= 15 is 0 Å². The lowest BCUT2D eigenvalue weighted by atomic mass is 9.77. The molecule has 1 aliphatic rings. The average Bonchev–Trinajstić information content (AvgIpc) is 2.84. The lowest BCUT2D eigenvalue weighted by Crippen LogP contribution is -2.20. The van der Waals surface area contributed by atoms with E-state index in [4.69, 9.17) is 11.6 Å². The summed E-state index contributed by atoms with van der Waals surface area (Å²) >= 11 is 7.62. The van der Waals surface area contributed by atoms with Crippen molar-refractivity contribution in [1.82, 2.24) is 4.98 Å². The summed E-state index contributed by atoms with van der Waals surface area (Å²) in [6.07, 6.45) is 4.66. The van der Waals surface area contributed by atoms with Crippen molar-refractivity contribution in [3.8, 4) is 0 Å². The lowest BCUT2D eigenvalue weighted by molar-refractivity contribution is -0.109. The van der Waals surface area contributed by atoms with Crippen LogP contribution in [0.5, 0.6) is 0 Å². The Morgan fingerprint density at radius 3 is 2.95 bits per heavy atom. The molecule has 2 atom stereocenters.